The van der Waals surface area contributed by atoms with Gasteiger partial charge in [0.25, 0.3) is 0 Å². The molecule has 1 rings (SSSR count). The average molecular weight is 459 g/mol. The van der Waals surface area contributed by atoms with Gasteiger partial charge < -0.3 is 9.53 Å². The van der Waals surface area contributed by atoms with Crippen molar-refractivity contribution in [2.45, 2.75) is 96.9 Å². The molecule has 1 aliphatic rings. The molecule has 0 aromatic carbocycles. The Kier molecular flexibility index (Phi) is 13.0. The number of hydrogen-bond donors (Lipinski definition) is 1. The molecule has 3 nitrogen and oxygen atoms in total. The third-order valence-electron chi connectivity index (χ3n) is 6.36. The van der Waals surface area contributed by atoms with E-state index in [1.54, 1.807) is 6.08 Å². The zero-order chi connectivity index (χ0) is 24.0. The van der Waals surface area contributed by atoms with Crippen molar-refractivity contribution < 1.29 is 14.3 Å². The zero-order valence-corrected chi connectivity index (χ0v) is 22.3. The highest BCUT2D eigenvalue weighted by atomic mass is 28.4. The molecule has 32 heavy (non-hydrogen) atoms. The summed E-state index contributed by atoms with van der Waals surface area (Å²) in [6.45, 7) is 13.8. The number of aliphatic hydroxyl groups is 1. The molecule has 4 heteroatoms. The van der Waals surface area contributed by atoms with E-state index in [1.165, 1.54) is 0 Å². The minimum absolute atomic E-state index is 0.0870. The average Bonchev–Trinajstić information content (AvgIpc) is 3.06. The Morgan fingerprint density at radius 2 is 1.81 bits per heavy atom. The van der Waals surface area contributed by atoms with Crippen molar-refractivity contribution in [3.8, 4) is 0 Å². The van der Waals surface area contributed by atoms with Gasteiger partial charge in [-0.05, 0) is 69.2 Å². The summed E-state index contributed by atoms with van der Waals surface area (Å²) in [5.41, 5.74) is 0.899. The molecule has 0 unspecified atom stereocenters. The fraction of sp³-hybridized carbons (Fsp3) is 0.607. The molecule has 0 amide bonds. The second-order valence-corrected chi connectivity index (χ2v) is 14.9. The Morgan fingerprint density at radius 1 is 1.09 bits per heavy atom. The number of carbonyl (C=O) groups excluding carboxylic acids is 1. The van der Waals surface area contributed by atoms with Gasteiger partial charge in [-0.3, -0.25) is 4.79 Å². The van der Waals surface area contributed by atoms with Crippen LogP contribution in [-0.2, 0) is 9.22 Å². The lowest BCUT2D eigenvalue weighted by atomic mass is 9.96. The summed E-state index contributed by atoms with van der Waals surface area (Å²) in [6, 6.07) is 0. The number of rotatable bonds is 14. The summed E-state index contributed by atoms with van der Waals surface area (Å²) in [5, 5.41) is 9.06. The Labute approximate surface area is 198 Å². The highest BCUT2D eigenvalue weighted by Crippen LogP contribution is 2.38. The maximum atomic E-state index is 12.5. The maximum absolute atomic E-state index is 12.5. The van der Waals surface area contributed by atoms with Crippen LogP contribution in [0.5, 0.6) is 0 Å². The Balaban J connectivity index is 2.86. The van der Waals surface area contributed by atoms with E-state index < -0.39 is 8.32 Å². The van der Waals surface area contributed by atoms with E-state index in [0.29, 0.717) is 0 Å². The first-order chi connectivity index (χ1) is 15.1. The summed E-state index contributed by atoms with van der Waals surface area (Å²) in [6.07, 6.45) is 25.1. The summed E-state index contributed by atoms with van der Waals surface area (Å²) < 4.78 is 6.74. The largest absolute Gasteiger partial charge is 0.413 e. The van der Waals surface area contributed by atoms with Gasteiger partial charge in [-0.15, -0.1) is 0 Å². The van der Waals surface area contributed by atoms with Crippen LogP contribution < -0.4 is 0 Å². The van der Waals surface area contributed by atoms with E-state index in [1.807, 2.05) is 6.08 Å². The Hall–Kier alpha value is -1.49. The van der Waals surface area contributed by atoms with E-state index in [9.17, 15) is 4.79 Å². The monoisotopic (exact) mass is 458 g/mol. The van der Waals surface area contributed by atoms with E-state index in [-0.39, 0.29) is 29.5 Å². The van der Waals surface area contributed by atoms with Gasteiger partial charge >= 0.3 is 0 Å². The van der Waals surface area contributed by atoms with Crippen molar-refractivity contribution in [3.63, 3.8) is 0 Å². The number of ketones is 1. The Morgan fingerprint density at radius 3 is 2.47 bits per heavy atom. The summed E-state index contributed by atoms with van der Waals surface area (Å²) in [4.78, 5) is 12.5. The molecule has 0 saturated carbocycles. The second-order valence-electron chi connectivity index (χ2n) is 10.1. The summed E-state index contributed by atoms with van der Waals surface area (Å²) in [7, 11) is -1.90. The molecular weight excluding hydrogens is 412 g/mol. The van der Waals surface area contributed by atoms with E-state index in [4.69, 9.17) is 9.53 Å². The lowest BCUT2D eigenvalue weighted by molar-refractivity contribution is -0.111. The molecule has 0 aromatic rings. The van der Waals surface area contributed by atoms with Crippen LogP contribution in [0.4, 0.5) is 0 Å². The molecule has 0 bridgehead atoms. The highest BCUT2D eigenvalue weighted by molar-refractivity contribution is 6.74. The fourth-order valence-corrected chi connectivity index (χ4v) is 4.72. The minimum Gasteiger partial charge on any atom is -0.413 e. The number of aliphatic hydroxyl groups excluding tert-OH is 1. The molecule has 0 saturated heterocycles. The van der Waals surface area contributed by atoms with Crippen molar-refractivity contribution in [2.75, 3.05) is 6.61 Å². The van der Waals surface area contributed by atoms with Crippen LogP contribution in [0.15, 0.2) is 60.3 Å². The third-order valence-corrected chi connectivity index (χ3v) is 10.9. The van der Waals surface area contributed by atoms with Crippen LogP contribution in [-0.4, -0.2) is 31.9 Å². The van der Waals surface area contributed by atoms with Crippen molar-refractivity contribution in [1.82, 2.24) is 0 Å². The Bertz CT molecular complexity index is 705. The first kappa shape index (κ1) is 28.5. The fourth-order valence-electron chi connectivity index (χ4n) is 3.34. The number of hydrogen-bond acceptors (Lipinski definition) is 3. The van der Waals surface area contributed by atoms with Gasteiger partial charge in [0.15, 0.2) is 14.1 Å². The van der Waals surface area contributed by atoms with Gasteiger partial charge in [0.2, 0.25) is 0 Å². The van der Waals surface area contributed by atoms with Crippen molar-refractivity contribution in [3.05, 3.63) is 60.3 Å². The predicted molar refractivity (Wildman–Crippen MR) is 140 cm³/mol. The molecule has 0 aliphatic heterocycles. The molecule has 0 fully saturated rings. The van der Waals surface area contributed by atoms with Crippen LogP contribution in [0, 0.1) is 5.92 Å². The van der Waals surface area contributed by atoms with Gasteiger partial charge in [-0.25, -0.2) is 0 Å². The number of allylic oxidation sites excluding steroid dienone is 8. The lowest BCUT2D eigenvalue weighted by Crippen LogP contribution is -2.43. The molecule has 0 spiro atoms. The van der Waals surface area contributed by atoms with E-state index >= 15 is 0 Å². The predicted octanol–water partition coefficient (Wildman–Crippen LogP) is 7.47. The van der Waals surface area contributed by atoms with Crippen molar-refractivity contribution in [1.29, 1.82) is 0 Å². The SMILES string of the molecule is CC/C=C\C/C=C\C[C@@H](C/C=C1/C(=O)C=C[C@@H]1C/C=C\CCCO)O[Si](C)(C)C(C)(C)C. The smallest absolute Gasteiger partial charge is 0.192 e. The molecule has 2 atom stereocenters. The van der Waals surface area contributed by atoms with Gasteiger partial charge in [0.1, 0.15) is 0 Å². The summed E-state index contributed by atoms with van der Waals surface area (Å²) in [5.74, 6) is 0.279. The zero-order valence-electron chi connectivity index (χ0n) is 21.3. The topological polar surface area (TPSA) is 46.5 Å². The van der Waals surface area contributed by atoms with Gasteiger partial charge in [0, 0.05) is 18.1 Å². The number of unbranched alkanes of at least 4 members (excludes halogenated alkanes) is 1. The second kappa shape index (κ2) is 14.6. The highest BCUT2D eigenvalue weighted by Gasteiger charge is 2.38. The molecule has 0 aromatic heterocycles. The van der Waals surface area contributed by atoms with E-state index in [2.05, 4.69) is 83.3 Å². The molecule has 180 valence electrons. The molecule has 0 radical (unpaired) electrons. The van der Waals surface area contributed by atoms with Crippen molar-refractivity contribution in [2.24, 2.45) is 5.92 Å². The normalized spacial score (nSPS) is 20.0. The third kappa shape index (κ3) is 10.4. The quantitative estimate of drug-likeness (QED) is 0.127. The van der Waals surface area contributed by atoms with Crippen molar-refractivity contribution >= 4 is 14.1 Å². The molecule has 0 heterocycles. The minimum atomic E-state index is -1.90. The molecular formula is C28H46O3Si. The standard InChI is InChI=1S/C28H46O3Si/c1-7-8-9-10-11-15-18-25(31-32(5,6)28(2,3)4)20-21-26-24(19-22-27(26)30)17-14-12-13-16-23-29/h8-9,11-12,14-15,19,21-22,24-25,29H,7,10,13,16-18,20,23H2,1-6H3/b9-8-,14-12-,15-11-,26-21+/t24-,25-/m0/s1. The summed E-state index contributed by atoms with van der Waals surface area (Å²) >= 11 is 0. The van der Waals surface area contributed by atoms with Crippen LogP contribution >= 0.6 is 0 Å². The molecule has 1 aliphatic carbocycles. The van der Waals surface area contributed by atoms with Crippen LogP contribution in [0.1, 0.15) is 72.6 Å². The van der Waals surface area contributed by atoms with Crippen LogP contribution in [0.2, 0.25) is 18.1 Å². The number of carbonyl (C=O) groups is 1. The first-order valence-corrected chi connectivity index (χ1v) is 15.2. The van der Waals surface area contributed by atoms with Crippen LogP contribution in [0.3, 0.4) is 0 Å². The van der Waals surface area contributed by atoms with Gasteiger partial charge in [0.05, 0.1) is 6.10 Å². The first-order valence-electron chi connectivity index (χ1n) is 12.3. The van der Waals surface area contributed by atoms with Gasteiger partial charge in [-0.2, -0.15) is 0 Å². The lowest BCUT2D eigenvalue weighted by Gasteiger charge is -2.39. The van der Waals surface area contributed by atoms with E-state index in [0.717, 1.165) is 50.5 Å². The van der Waals surface area contributed by atoms with Crippen LogP contribution in [0.25, 0.3) is 0 Å². The van der Waals surface area contributed by atoms with Gasteiger partial charge in [-0.1, -0.05) is 76.3 Å². The maximum Gasteiger partial charge on any atom is 0.192 e. The molecule has 1 N–H and O–H groups in total.